The number of nitrogens with zero attached hydrogens (tertiary/aromatic N) is 5. The third-order valence-electron chi connectivity index (χ3n) is 12.2. The number of hydrogen-bond donors (Lipinski definition) is 0. The van der Waals surface area contributed by atoms with Crippen molar-refractivity contribution in [3.05, 3.63) is 225 Å². The largest absolute Gasteiger partial charge is 0.309 e. The summed E-state index contributed by atoms with van der Waals surface area (Å²) < 4.78 is 2.34. The second-order valence-electron chi connectivity index (χ2n) is 15.9. The smallest absolute Gasteiger partial charge is 0.160 e. The molecule has 4 heterocycles. The van der Waals surface area contributed by atoms with Gasteiger partial charge in [0, 0.05) is 63.5 Å². The van der Waals surface area contributed by atoms with E-state index in [4.69, 9.17) is 9.97 Å². The molecule has 0 fully saturated rings. The van der Waals surface area contributed by atoms with E-state index < -0.39 is 0 Å². The topological polar surface area (TPSA) is 56.5 Å². The van der Waals surface area contributed by atoms with Crippen LogP contribution in [0.5, 0.6) is 0 Å². The molecular weight excluding hydrogens is 767 g/mol. The lowest BCUT2D eigenvalue weighted by Gasteiger charge is -2.18. The first-order chi connectivity index (χ1) is 31.2. The minimum Gasteiger partial charge on any atom is -0.309 e. The fraction of sp³-hybridized carbons (Fsp3) is 0. The SMILES string of the molecule is c1ccc(-c2cc(-c3cccc(-c4cccnc4)c3)nc(-c3cccc(-c4c5ccccc5c(-c5ccc6c(c5)c5cnccc5n6-c5ccccc5)c5ccccc45)c3)n2)cc1. The second-order valence-corrected chi connectivity index (χ2v) is 15.9. The molecule has 0 saturated heterocycles. The monoisotopic (exact) mass is 803 g/mol. The third-order valence-corrected chi connectivity index (χ3v) is 12.2. The van der Waals surface area contributed by atoms with Crippen LogP contribution in [0.3, 0.4) is 0 Å². The Hall–Kier alpha value is -8.54. The van der Waals surface area contributed by atoms with Gasteiger partial charge in [-0.3, -0.25) is 9.97 Å². The lowest BCUT2D eigenvalue weighted by molar-refractivity contribution is 1.17. The van der Waals surface area contributed by atoms with Crippen LogP contribution in [-0.2, 0) is 0 Å². The Morgan fingerprint density at radius 1 is 0.302 bits per heavy atom. The summed E-state index contributed by atoms with van der Waals surface area (Å²) in [7, 11) is 0. The highest BCUT2D eigenvalue weighted by molar-refractivity contribution is 6.22. The lowest BCUT2D eigenvalue weighted by Crippen LogP contribution is -1.97. The van der Waals surface area contributed by atoms with Crippen LogP contribution < -0.4 is 0 Å². The van der Waals surface area contributed by atoms with Crippen molar-refractivity contribution in [2.24, 2.45) is 0 Å². The molecule has 63 heavy (non-hydrogen) atoms. The first-order valence-electron chi connectivity index (χ1n) is 21.2. The highest BCUT2D eigenvalue weighted by atomic mass is 15.0. The van der Waals surface area contributed by atoms with Crippen molar-refractivity contribution in [2.45, 2.75) is 0 Å². The molecule has 294 valence electrons. The van der Waals surface area contributed by atoms with Crippen molar-refractivity contribution in [2.75, 3.05) is 0 Å². The minimum absolute atomic E-state index is 0.669. The highest BCUT2D eigenvalue weighted by Gasteiger charge is 2.20. The van der Waals surface area contributed by atoms with Crippen LogP contribution in [0.1, 0.15) is 0 Å². The van der Waals surface area contributed by atoms with Crippen LogP contribution in [0.2, 0.25) is 0 Å². The molecule has 0 amide bonds. The van der Waals surface area contributed by atoms with Crippen molar-refractivity contribution < 1.29 is 0 Å². The normalized spacial score (nSPS) is 11.5. The van der Waals surface area contributed by atoms with Crippen molar-refractivity contribution >= 4 is 43.4 Å². The minimum atomic E-state index is 0.669. The molecular formula is C58H37N5. The zero-order valence-electron chi connectivity index (χ0n) is 34.1. The average Bonchev–Trinajstić information content (AvgIpc) is 3.70. The van der Waals surface area contributed by atoms with Crippen LogP contribution >= 0.6 is 0 Å². The van der Waals surface area contributed by atoms with Crippen LogP contribution in [-0.4, -0.2) is 24.5 Å². The maximum absolute atomic E-state index is 5.28. The molecule has 0 unspecified atom stereocenters. The Bertz CT molecular complexity index is 3620. The number of pyridine rings is 2. The summed E-state index contributed by atoms with van der Waals surface area (Å²) >= 11 is 0. The van der Waals surface area contributed by atoms with E-state index in [1.54, 1.807) is 6.20 Å². The van der Waals surface area contributed by atoms with E-state index in [1.807, 2.05) is 30.7 Å². The Labute approximate surface area is 364 Å². The third kappa shape index (κ3) is 6.34. The molecule has 8 aromatic carbocycles. The van der Waals surface area contributed by atoms with Gasteiger partial charge in [0.2, 0.25) is 0 Å². The zero-order chi connectivity index (χ0) is 41.7. The summed E-state index contributed by atoms with van der Waals surface area (Å²) in [6, 6.07) is 71.0. The van der Waals surface area contributed by atoms with Crippen LogP contribution in [0, 0.1) is 0 Å². The first kappa shape index (κ1) is 36.3. The zero-order valence-corrected chi connectivity index (χ0v) is 34.1. The van der Waals surface area contributed by atoms with Gasteiger partial charge in [-0.15, -0.1) is 0 Å². The van der Waals surface area contributed by atoms with Gasteiger partial charge in [-0.1, -0.05) is 146 Å². The molecule has 12 aromatic rings. The Morgan fingerprint density at radius 3 is 1.54 bits per heavy atom. The molecule has 0 aliphatic heterocycles. The van der Waals surface area contributed by atoms with Gasteiger partial charge in [0.05, 0.1) is 22.4 Å². The van der Waals surface area contributed by atoms with E-state index in [-0.39, 0.29) is 0 Å². The average molecular weight is 804 g/mol. The number of rotatable bonds is 7. The Kier molecular flexibility index (Phi) is 8.75. The molecule has 12 rings (SSSR count). The Morgan fingerprint density at radius 2 is 0.841 bits per heavy atom. The Balaban J connectivity index is 1.03. The molecule has 0 N–H and O–H groups in total. The highest BCUT2D eigenvalue weighted by Crippen LogP contribution is 2.45. The standard InChI is InChI=1S/C58H37N5/c1-3-14-38(15-4-1)52-35-53(40-17-11-16-39(32-40)44-20-13-30-59-36-44)62-58(61-52)43-19-12-18-41(33-43)56-46-23-7-9-25-48(46)57(49-26-10-8-24-47(49)56)42-27-28-54-50(34-42)51-37-60-31-29-55(51)63(54)45-21-5-2-6-22-45/h1-37H. The molecule has 0 aliphatic rings. The lowest BCUT2D eigenvalue weighted by atomic mass is 9.85. The summed E-state index contributed by atoms with van der Waals surface area (Å²) in [5.41, 5.74) is 14.9. The van der Waals surface area contributed by atoms with Gasteiger partial charge in [-0.05, 0) is 104 Å². The fourth-order valence-electron chi connectivity index (χ4n) is 9.31. The first-order valence-corrected chi connectivity index (χ1v) is 21.2. The predicted octanol–water partition coefficient (Wildman–Crippen LogP) is 14.7. The molecule has 0 spiro atoms. The van der Waals surface area contributed by atoms with Crippen LogP contribution in [0.25, 0.3) is 116 Å². The molecule has 4 aromatic heterocycles. The van der Waals surface area contributed by atoms with Gasteiger partial charge in [0.15, 0.2) is 5.82 Å². The maximum Gasteiger partial charge on any atom is 0.160 e. The second kappa shape index (κ2) is 15.2. The molecule has 5 nitrogen and oxygen atoms in total. The molecule has 0 saturated carbocycles. The van der Waals surface area contributed by atoms with E-state index in [9.17, 15) is 0 Å². The van der Waals surface area contributed by atoms with Gasteiger partial charge in [-0.2, -0.15) is 0 Å². The van der Waals surface area contributed by atoms with Crippen molar-refractivity contribution in [1.29, 1.82) is 0 Å². The summed E-state index contributed by atoms with van der Waals surface area (Å²) in [5.74, 6) is 0.669. The summed E-state index contributed by atoms with van der Waals surface area (Å²) in [6.07, 6.45) is 7.57. The summed E-state index contributed by atoms with van der Waals surface area (Å²) in [6.45, 7) is 0. The summed E-state index contributed by atoms with van der Waals surface area (Å²) in [4.78, 5) is 19.5. The van der Waals surface area contributed by atoms with Gasteiger partial charge in [0.1, 0.15) is 0 Å². The number of hydrogen-bond acceptors (Lipinski definition) is 4. The fourth-order valence-corrected chi connectivity index (χ4v) is 9.31. The van der Waals surface area contributed by atoms with E-state index in [2.05, 4.69) is 203 Å². The van der Waals surface area contributed by atoms with Gasteiger partial charge < -0.3 is 4.57 Å². The van der Waals surface area contributed by atoms with Crippen molar-refractivity contribution in [1.82, 2.24) is 24.5 Å². The molecule has 0 aliphatic carbocycles. The molecule has 0 radical (unpaired) electrons. The van der Waals surface area contributed by atoms with Gasteiger partial charge in [-0.25, -0.2) is 9.97 Å². The van der Waals surface area contributed by atoms with Crippen molar-refractivity contribution in [3.8, 4) is 73.0 Å². The number of fused-ring (bicyclic) bond motifs is 5. The number of aromatic nitrogens is 5. The van der Waals surface area contributed by atoms with E-state index in [1.165, 1.54) is 38.1 Å². The molecule has 0 bridgehead atoms. The van der Waals surface area contributed by atoms with Gasteiger partial charge >= 0.3 is 0 Å². The van der Waals surface area contributed by atoms with Crippen LogP contribution in [0.15, 0.2) is 225 Å². The van der Waals surface area contributed by atoms with Crippen molar-refractivity contribution in [3.63, 3.8) is 0 Å². The van der Waals surface area contributed by atoms with E-state index >= 15 is 0 Å². The van der Waals surface area contributed by atoms with E-state index in [0.717, 1.165) is 72.4 Å². The van der Waals surface area contributed by atoms with Gasteiger partial charge in [0.25, 0.3) is 0 Å². The molecule has 0 atom stereocenters. The molecule has 5 heteroatoms. The summed E-state index contributed by atoms with van der Waals surface area (Å²) in [5, 5.41) is 7.05. The van der Waals surface area contributed by atoms with Crippen LogP contribution in [0.4, 0.5) is 0 Å². The number of benzene rings is 8. The quantitative estimate of drug-likeness (QED) is 0.151. The maximum atomic E-state index is 5.28. The van der Waals surface area contributed by atoms with E-state index in [0.29, 0.717) is 5.82 Å². The number of para-hydroxylation sites is 1. The predicted molar refractivity (Wildman–Crippen MR) is 260 cm³/mol.